The quantitative estimate of drug-likeness (QED) is 0.721. The average Bonchev–Trinajstić information content (AvgIpc) is 3.26. The summed E-state index contributed by atoms with van der Waals surface area (Å²) in [5, 5.41) is 2.96. The van der Waals surface area contributed by atoms with Gasteiger partial charge in [0.15, 0.2) is 11.5 Å². The number of aryl methyl sites for hydroxylation is 1. The second kappa shape index (κ2) is 7.38. The van der Waals surface area contributed by atoms with E-state index in [9.17, 15) is 18.0 Å². The van der Waals surface area contributed by atoms with Gasteiger partial charge in [-0.1, -0.05) is 6.07 Å². The Kier molecular flexibility index (Phi) is 4.89. The van der Waals surface area contributed by atoms with Crippen LogP contribution in [0.15, 0.2) is 41.1 Å². The minimum atomic E-state index is -4.43. The summed E-state index contributed by atoms with van der Waals surface area (Å²) < 4.78 is 44.1. The van der Waals surface area contributed by atoms with Crippen molar-refractivity contribution >= 4 is 22.7 Å². The highest BCUT2D eigenvalue weighted by molar-refractivity contribution is 5.81. The number of anilines is 1. The number of amides is 1. The Balaban J connectivity index is 1.36. The molecule has 1 aliphatic rings. The summed E-state index contributed by atoms with van der Waals surface area (Å²) in [5.74, 6) is 0.426. The molecule has 0 spiro atoms. The third kappa shape index (κ3) is 4.33. The lowest BCUT2D eigenvalue weighted by atomic mass is 10.1. The highest BCUT2D eigenvalue weighted by atomic mass is 19.4. The Bertz CT molecular complexity index is 1050. The number of rotatable bonds is 4. The third-order valence-corrected chi connectivity index (χ3v) is 4.89. The molecule has 2 aromatic heterocycles. The van der Waals surface area contributed by atoms with Crippen LogP contribution in [0.25, 0.3) is 11.1 Å². The molecular formula is C20H19F3N4O2. The number of oxazole rings is 1. The number of hydrogen-bond donors (Lipinski definition) is 1. The number of hydrogen-bond acceptors (Lipinski definition) is 5. The molecular weight excluding hydrogens is 385 g/mol. The molecule has 152 valence electrons. The first-order valence-electron chi connectivity index (χ1n) is 9.20. The van der Waals surface area contributed by atoms with Crippen molar-refractivity contribution in [1.29, 1.82) is 0 Å². The number of nitrogens with zero attached hydrogens (tertiary/aromatic N) is 3. The number of benzene rings is 1. The fraction of sp³-hybridized carbons (Fsp3) is 0.350. The van der Waals surface area contributed by atoms with Crippen LogP contribution in [0.3, 0.4) is 0 Å². The summed E-state index contributed by atoms with van der Waals surface area (Å²) in [6.45, 7) is 2.76. The second-order valence-electron chi connectivity index (χ2n) is 7.14. The fourth-order valence-electron chi connectivity index (χ4n) is 3.53. The van der Waals surface area contributed by atoms with Crippen LogP contribution in [-0.2, 0) is 17.4 Å². The molecule has 0 saturated carbocycles. The van der Waals surface area contributed by atoms with E-state index in [0.717, 1.165) is 17.8 Å². The van der Waals surface area contributed by atoms with E-state index in [1.807, 2.05) is 12.1 Å². The van der Waals surface area contributed by atoms with Crippen molar-refractivity contribution in [3.8, 4) is 0 Å². The van der Waals surface area contributed by atoms with Gasteiger partial charge in [0, 0.05) is 32.3 Å². The van der Waals surface area contributed by atoms with Crippen molar-refractivity contribution in [1.82, 2.24) is 15.3 Å². The first kappa shape index (κ1) is 19.2. The topological polar surface area (TPSA) is 71.3 Å². The van der Waals surface area contributed by atoms with Crippen LogP contribution in [0.4, 0.5) is 18.9 Å². The molecule has 1 atom stereocenters. The molecule has 3 heterocycles. The van der Waals surface area contributed by atoms with E-state index in [2.05, 4.69) is 15.3 Å². The number of alkyl halides is 3. The number of pyridine rings is 1. The lowest BCUT2D eigenvalue weighted by Gasteiger charge is -2.20. The van der Waals surface area contributed by atoms with Crippen LogP contribution in [-0.4, -0.2) is 35.0 Å². The summed E-state index contributed by atoms with van der Waals surface area (Å²) in [5.41, 5.74) is 1.83. The number of nitrogens with one attached hydrogen (secondary N) is 1. The van der Waals surface area contributed by atoms with E-state index in [-0.39, 0.29) is 18.4 Å². The molecule has 4 rings (SSSR count). The summed E-state index contributed by atoms with van der Waals surface area (Å²) in [6, 6.07) is 6.39. The lowest BCUT2D eigenvalue weighted by molar-refractivity contribution is -0.137. The lowest BCUT2D eigenvalue weighted by Crippen LogP contribution is -2.38. The van der Waals surface area contributed by atoms with Crippen LogP contribution in [0.5, 0.6) is 0 Å². The van der Waals surface area contributed by atoms with Gasteiger partial charge in [0.2, 0.25) is 5.91 Å². The SMILES string of the molecule is Cc1nc2cc(CC(=O)NC3CCN(c4cncc(C(F)(F)F)c4)C3)ccc2o1. The van der Waals surface area contributed by atoms with Gasteiger partial charge in [0.25, 0.3) is 0 Å². The van der Waals surface area contributed by atoms with Gasteiger partial charge in [0.05, 0.1) is 23.9 Å². The zero-order valence-electron chi connectivity index (χ0n) is 15.7. The standard InChI is InChI=1S/C20H19F3N4O2/c1-12-25-17-6-13(2-3-18(17)29-12)7-19(28)26-15-4-5-27(11-15)16-8-14(9-24-10-16)20(21,22)23/h2-3,6,8-10,15H,4-5,7,11H2,1H3,(H,26,28). The van der Waals surface area contributed by atoms with Crippen LogP contribution in [0.2, 0.25) is 0 Å². The Morgan fingerprint density at radius 3 is 2.93 bits per heavy atom. The maximum Gasteiger partial charge on any atom is 0.417 e. The molecule has 1 aliphatic heterocycles. The first-order valence-corrected chi connectivity index (χ1v) is 9.20. The van der Waals surface area contributed by atoms with Gasteiger partial charge >= 0.3 is 6.18 Å². The number of carbonyl (C=O) groups is 1. The predicted molar refractivity (Wildman–Crippen MR) is 100 cm³/mol. The molecule has 9 heteroatoms. The van der Waals surface area contributed by atoms with E-state index in [4.69, 9.17) is 4.42 Å². The van der Waals surface area contributed by atoms with E-state index in [1.54, 1.807) is 17.9 Å². The minimum absolute atomic E-state index is 0.130. The molecule has 0 aliphatic carbocycles. The largest absolute Gasteiger partial charge is 0.441 e. The molecule has 1 aromatic carbocycles. The Labute approximate surface area is 164 Å². The molecule has 1 fully saturated rings. The Morgan fingerprint density at radius 2 is 2.14 bits per heavy atom. The monoisotopic (exact) mass is 404 g/mol. The Morgan fingerprint density at radius 1 is 1.31 bits per heavy atom. The first-order chi connectivity index (χ1) is 13.8. The van der Waals surface area contributed by atoms with Gasteiger partial charge < -0.3 is 14.6 Å². The van der Waals surface area contributed by atoms with Gasteiger partial charge in [-0.2, -0.15) is 13.2 Å². The minimum Gasteiger partial charge on any atom is -0.441 e. The van der Waals surface area contributed by atoms with Gasteiger partial charge in [-0.05, 0) is 30.2 Å². The molecule has 29 heavy (non-hydrogen) atoms. The molecule has 1 amide bonds. The van der Waals surface area contributed by atoms with Crippen molar-refractivity contribution in [2.45, 2.75) is 32.0 Å². The van der Waals surface area contributed by atoms with E-state index < -0.39 is 11.7 Å². The summed E-state index contributed by atoms with van der Waals surface area (Å²) in [6.07, 6.45) is -1.35. The molecule has 0 radical (unpaired) electrons. The fourth-order valence-corrected chi connectivity index (χ4v) is 3.53. The van der Waals surface area contributed by atoms with E-state index in [1.165, 1.54) is 6.20 Å². The Hall–Kier alpha value is -3.10. The molecule has 0 bridgehead atoms. The van der Waals surface area contributed by atoms with Gasteiger partial charge in [0.1, 0.15) is 5.52 Å². The van der Waals surface area contributed by atoms with Crippen LogP contribution >= 0.6 is 0 Å². The number of halogens is 3. The van der Waals surface area contributed by atoms with Crippen molar-refractivity contribution in [2.24, 2.45) is 0 Å². The van der Waals surface area contributed by atoms with E-state index in [0.29, 0.717) is 42.2 Å². The van der Waals surface area contributed by atoms with Gasteiger partial charge in [-0.3, -0.25) is 9.78 Å². The molecule has 3 aromatic rings. The number of carbonyl (C=O) groups excluding carboxylic acids is 1. The summed E-state index contributed by atoms with van der Waals surface area (Å²) in [4.78, 5) is 22.2. The van der Waals surface area contributed by atoms with Gasteiger partial charge in [-0.25, -0.2) is 4.98 Å². The smallest absolute Gasteiger partial charge is 0.417 e. The molecule has 6 nitrogen and oxygen atoms in total. The number of fused-ring (bicyclic) bond motifs is 1. The van der Waals surface area contributed by atoms with Crippen LogP contribution < -0.4 is 10.2 Å². The van der Waals surface area contributed by atoms with Crippen LogP contribution in [0, 0.1) is 6.92 Å². The molecule has 1 saturated heterocycles. The molecule has 1 unspecified atom stereocenters. The van der Waals surface area contributed by atoms with Gasteiger partial charge in [-0.15, -0.1) is 0 Å². The maximum atomic E-state index is 12.9. The highest BCUT2D eigenvalue weighted by Gasteiger charge is 2.32. The maximum absolute atomic E-state index is 12.9. The summed E-state index contributed by atoms with van der Waals surface area (Å²) >= 11 is 0. The van der Waals surface area contributed by atoms with Crippen molar-refractivity contribution < 1.29 is 22.4 Å². The summed E-state index contributed by atoms with van der Waals surface area (Å²) in [7, 11) is 0. The van der Waals surface area contributed by atoms with Crippen LogP contribution in [0.1, 0.15) is 23.4 Å². The third-order valence-electron chi connectivity index (χ3n) is 4.89. The van der Waals surface area contributed by atoms with Crippen molar-refractivity contribution in [3.63, 3.8) is 0 Å². The van der Waals surface area contributed by atoms with E-state index >= 15 is 0 Å². The normalized spacial score (nSPS) is 17.1. The zero-order valence-corrected chi connectivity index (χ0v) is 15.7. The zero-order chi connectivity index (χ0) is 20.6. The average molecular weight is 404 g/mol. The van der Waals surface area contributed by atoms with Crippen molar-refractivity contribution in [3.05, 3.63) is 53.7 Å². The second-order valence-corrected chi connectivity index (χ2v) is 7.14. The predicted octanol–water partition coefficient (Wildman–Crippen LogP) is 3.49. The molecule has 1 N–H and O–H groups in total. The van der Waals surface area contributed by atoms with Crippen molar-refractivity contribution in [2.75, 3.05) is 18.0 Å². The highest BCUT2D eigenvalue weighted by Crippen LogP contribution is 2.31. The number of aromatic nitrogens is 2.